The quantitative estimate of drug-likeness (QED) is 0.840. The summed E-state index contributed by atoms with van der Waals surface area (Å²) in [5.41, 5.74) is 1.68. The zero-order valence-electron chi connectivity index (χ0n) is 16.4. The van der Waals surface area contributed by atoms with E-state index in [1.54, 1.807) is 6.07 Å². The monoisotopic (exact) mass is 383 g/mol. The molecule has 2 aliphatic heterocycles. The molecule has 1 amide bonds. The van der Waals surface area contributed by atoms with Crippen LogP contribution in [0.5, 0.6) is 11.5 Å². The van der Waals surface area contributed by atoms with Crippen molar-refractivity contribution < 1.29 is 14.3 Å². The molecule has 1 N–H and O–H groups in total. The van der Waals surface area contributed by atoms with Crippen LogP contribution >= 0.6 is 0 Å². The Kier molecular flexibility index (Phi) is 5.04. The van der Waals surface area contributed by atoms with Crippen LogP contribution in [0.4, 0.5) is 11.5 Å². The molecular weight excluding hydrogens is 358 g/mol. The van der Waals surface area contributed by atoms with Crippen LogP contribution in [-0.4, -0.2) is 66.7 Å². The lowest BCUT2D eigenvalue weighted by atomic mass is 10.1. The largest absolute Gasteiger partial charge is 0.486 e. The highest BCUT2D eigenvalue weighted by Gasteiger charge is 2.32. The zero-order valence-corrected chi connectivity index (χ0v) is 16.4. The Bertz CT molecular complexity index is 862. The third kappa shape index (κ3) is 4.01. The van der Waals surface area contributed by atoms with Gasteiger partial charge in [0.15, 0.2) is 11.5 Å². The number of hydrogen-bond acceptors (Lipinski definition) is 7. The molecule has 0 aliphatic carbocycles. The van der Waals surface area contributed by atoms with E-state index in [-0.39, 0.29) is 5.91 Å². The second-order valence-electron chi connectivity index (χ2n) is 7.30. The van der Waals surface area contributed by atoms with E-state index in [0.29, 0.717) is 43.0 Å². The standard InChI is InChI=1S/C20H25N5O3/c1-13-8-19(22-14(2)21-13)25-10-16(11-25)24(3)12-20(26)23-15-4-5-17-18(9-15)28-7-6-27-17/h4-5,8-9,16H,6-7,10-12H2,1-3H3,(H,23,26). The molecule has 0 bridgehead atoms. The molecular formula is C20H25N5O3. The van der Waals surface area contributed by atoms with Gasteiger partial charge in [-0.25, -0.2) is 9.97 Å². The number of benzene rings is 1. The normalized spacial score (nSPS) is 16.1. The first-order chi connectivity index (χ1) is 13.5. The Morgan fingerprint density at radius 1 is 1.18 bits per heavy atom. The molecule has 1 aromatic carbocycles. The van der Waals surface area contributed by atoms with Crippen LogP contribution in [0.2, 0.25) is 0 Å². The molecule has 2 aliphatic rings. The molecule has 0 saturated carbocycles. The number of aryl methyl sites for hydroxylation is 2. The number of carbonyl (C=O) groups excluding carboxylic acids is 1. The summed E-state index contributed by atoms with van der Waals surface area (Å²) < 4.78 is 11.1. The Morgan fingerprint density at radius 3 is 2.68 bits per heavy atom. The Hall–Kier alpha value is -2.87. The maximum absolute atomic E-state index is 12.4. The van der Waals surface area contributed by atoms with Crippen molar-refractivity contribution in [3.05, 3.63) is 35.8 Å². The first-order valence-corrected chi connectivity index (χ1v) is 9.45. The molecule has 3 heterocycles. The van der Waals surface area contributed by atoms with Crippen LogP contribution in [0, 0.1) is 13.8 Å². The van der Waals surface area contributed by atoms with Gasteiger partial charge >= 0.3 is 0 Å². The van der Waals surface area contributed by atoms with Gasteiger partial charge in [-0.3, -0.25) is 9.69 Å². The molecule has 148 valence electrons. The highest BCUT2D eigenvalue weighted by atomic mass is 16.6. The van der Waals surface area contributed by atoms with Gasteiger partial charge in [-0.1, -0.05) is 0 Å². The van der Waals surface area contributed by atoms with Gasteiger partial charge < -0.3 is 19.7 Å². The lowest BCUT2D eigenvalue weighted by Gasteiger charge is -2.44. The molecule has 4 rings (SSSR count). The van der Waals surface area contributed by atoms with Gasteiger partial charge in [-0.05, 0) is 33.0 Å². The van der Waals surface area contributed by atoms with Crippen molar-refractivity contribution in [3.63, 3.8) is 0 Å². The van der Waals surface area contributed by atoms with Gasteiger partial charge in [0.1, 0.15) is 24.9 Å². The van der Waals surface area contributed by atoms with Crippen molar-refractivity contribution >= 4 is 17.4 Å². The van der Waals surface area contributed by atoms with Gasteiger partial charge in [-0.15, -0.1) is 0 Å². The van der Waals surface area contributed by atoms with Crippen LogP contribution in [0.3, 0.4) is 0 Å². The average molecular weight is 383 g/mol. The van der Waals surface area contributed by atoms with E-state index in [0.717, 1.165) is 30.4 Å². The van der Waals surface area contributed by atoms with Gasteiger partial charge in [0.2, 0.25) is 5.91 Å². The number of fused-ring (bicyclic) bond motifs is 1. The Balaban J connectivity index is 1.28. The molecule has 0 radical (unpaired) electrons. The second kappa shape index (κ2) is 7.63. The molecule has 0 spiro atoms. The summed E-state index contributed by atoms with van der Waals surface area (Å²) in [6.45, 7) is 6.99. The molecule has 0 unspecified atom stereocenters. The number of ether oxygens (including phenoxy) is 2. The van der Waals surface area contributed by atoms with Gasteiger partial charge in [-0.2, -0.15) is 0 Å². The minimum absolute atomic E-state index is 0.0497. The van der Waals surface area contributed by atoms with Crippen LogP contribution < -0.4 is 19.7 Å². The minimum atomic E-state index is -0.0497. The van der Waals surface area contributed by atoms with Crippen molar-refractivity contribution in [1.29, 1.82) is 0 Å². The number of aromatic nitrogens is 2. The molecule has 28 heavy (non-hydrogen) atoms. The summed E-state index contributed by atoms with van der Waals surface area (Å²) in [6.07, 6.45) is 0. The van der Waals surface area contributed by atoms with Crippen molar-refractivity contribution in [2.45, 2.75) is 19.9 Å². The number of likely N-dealkylation sites (N-methyl/N-ethyl adjacent to an activating group) is 1. The Labute approximate surface area is 164 Å². The smallest absolute Gasteiger partial charge is 0.238 e. The van der Waals surface area contributed by atoms with Crippen LogP contribution in [0.25, 0.3) is 0 Å². The van der Waals surface area contributed by atoms with E-state index in [2.05, 4.69) is 25.1 Å². The maximum Gasteiger partial charge on any atom is 0.238 e. The van der Waals surface area contributed by atoms with Crippen LogP contribution in [-0.2, 0) is 4.79 Å². The van der Waals surface area contributed by atoms with Crippen molar-refractivity contribution in [1.82, 2.24) is 14.9 Å². The van der Waals surface area contributed by atoms with Crippen molar-refractivity contribution in [2.24, 2.45) is 0 Å². The first kappa shape index (κ1) is 18.5. The van der Waals surface area contributed by atoms with E-state index in [1.807, 2.05) is 39.1 Å². The topological polar surface area (TPSA) is 79.8 Å². The van der Waals surface area contributed by atoms with Crippen molar-refractivity contribution in [2.75, 3.05) is 50.1 Å². The highest BCUT2D eigenvalue weighted by Crippen LogP contribution is 2.32. The number of rotatable bonds is 5. The fraction of sp³-hybridized carbons (Fsp3) is 0.450. The van der Waals surface area contributed by atoms with Crippen LogP contribution in [0.15, 0.2) is 24.3 Å². The molecule has 1 fully saturated rings. The van der Waals surface area contributed by atoms with E-state index in [4.69, 9.17) is 9.47 Å². The fourth-order valence-corrected chi connectivity index (χ4v) is 3.46. The minimum Gasteiger partial charge on any atom is -0.486 e. The molecule has 1 aromatic heterocycles. The van der Waals surface area contributed by atoms with Gasteiger partial charge in [0.05, 0.1) is 6.54 Å². The molecule has 2 aromatic rings. The van der Waals surface area contributed by atoms with Crippen LogP contribution in [0.1, 0.15) is 11.5 Å². The molecule has 8 nitrogen and oxygen atoms in total. The summed E-state index contributed by atoms with van der Waals surface area (Å²) in [4.78, 5) is 25.5. The number of anilines is 2. The number of nitrogens with one attached hydrogen (secondary N) is 1. The van der Waals surface area contributed by atoms with E-state index >= 15 is 0 Å². The van der Waals surface area contributed by atoms with Crippen molar-refractivity contribution in [3.8, 4) is 11.5 Å². The molecule has 1 saturated heterocycles. The summed E-state index contributed by atoms with van der Waals surface area (Å²) in [7, 11) is 1.97. The Morgan fingerprint density at radius 2 is 1.93 bits per heavy atom. The lowest BCUT2D eigenvalue weighted by Crippen LogP contribution is -2.59. The predicted molar refractivity (Wildman–Crippen MR) is 106 cm³/mol. The van der Waals surface area contributed by atoms with E-state index in [9.17, 15) is 4.79 Å². The maximum atomic E-state index is 12.4. The fourth-order valence-electron chi connectivity index (χ4n) is 3.46. The highest BCUT2D eigenvalue weighted by molar-refractivity contribution is 5.92. The SMILES string of the molecule is Cc1cc(N2CC(N(C)CC(=O)Nc3ccc4c(c3)OCCO4)C2)nc(C)n1. The second-order valence-corrected chi connectivity index (χ2v) is 7.30. The third-order valence-electron chi connectivity index (χ3n) is 4.98. The first-order valence-electron chi connectivity index (χ1n) is 9.45. The van der Waals surface area contributed by atoms with E-state index < -0.39 is 0 Å². The number of amides is 1. The molecule has 0 atom stereocenters. The van der Waals surface area contributed by atoms with Gasteiger partial charge in [0.25, 0.3) is 0 Å². The zero-order chi connectivity index (χ0) is 19.7. The number of carbonyl (C=O) groups is 1. The summed E-state index contributed by atoms with van der Waals surface area (Å²) in [5, 5.41) is 2.93. The molecule has 8 heteroatoms. The summed E-state index contributed by atoms with van der Waals surface area (Å²) >= 11 is 0. The average Bonchev–Trinajstić information content (AvgIpc) is 2.59. The predicted octanol–water partition coefficient (Wildman–Crippen LogP) is 1.62. The number of hydrogen-bond donors (Lipinski definition) is 1. The summed E-state index contributed by atoms with van der Waals surface area (Å²) in [6, 6.07) is 7.77. The third-order valence-corrected chi connectivity index (χ3v) is 4.98. The van der Waals surface area contributed by atoms with Gasteiger partial charge in [0, 0.05) is 42.6 Å². The summed E-state index contributed by atoms with van der Waals surface area (Å²) in [5.74, 6) is 3.07. The van der Waals surface area contributed by atoms with E-state index in [1.165, 1.54) is 0 Å². The lowest BCUT2D eigenvalue weighted by molar-refractivity contribution is -0.117. The number of nitrogens with zero attached hydrogens (tertiary/aromatic N) is 4.